The van der Waals surface area contributed by atoms with Gasteiger partial charge in [0.2, 0.25) is 0 Å². The molecule has 0 radical (unpaired) electrons. The van der Waals surface area contributed by atoms with Crippen LogP contribution < -0.4 is 10.1 Å². The number of benzene rings is 2. The van der Waals surface area contributed by atoms with Crippen molar-refractivity contribution in [3.8, 4) is 5.75 Å². The second kappa shape index (κ2) is 7.64. The number of methoxy groups -OCH3 is 1. The molecule has 2 aromatic rings. The second-order valence-corrected chi connectivity index (χ2v) is 7.80. The van der Waals surface area contributed by atoms with Gasteiger partial charge in [0.25, 0.3) is 0 Å². The van der Waals surface area contributed by atoms with Crippen molar-refractivity contribution < 1.29 is 4.74 Å². The van der Waals surface area contributed by atoms with Gasteiger partial charge < -0.3 is 10.1 Å². The normalized spacial score (nSPS) is 19.4. The predicted octanol–water partition coefficient (Wildman–Crippen LogP) is 4.68. The summed E-state index contributed by atoms with van der Waals surface area (Å²) in [5.41, 5.74) is 2.28. The van der Waals surface area contributed by atoms with E-state index in [2.05, 4.69) is 48.2 Å². The summed E-state index contributed by atoms with van der Waals surface area (Å²) in [6.07, 6.45) is 1.06. The fourth-order valence-electron chi connectivity index (χ4n) is 3.65. The Hall–Kier alpha value is -2.11. The molecule has 1 aliphatic rings. The molecule has 0 amide bonds. The van der Waals surface area contributed by atoms with Crippen LogP contribution in [0.4, 0.5) is 5.69 Å². The molecular formula is C21H27N3OS. The third kappa shape index (κ3) is 4.00. The lowest BCUT2D eigenvalue weighted by atomic mass is 9.98. The number of rotatable bonds is 4. The standard InChI is InChI=1S/C21H27N3OS/c1-16-14-21(2,3)23(15-17-10-12-19(25-4)13-11-17)24(16)20(26)22-18-8-6-5-7-9-18/h5-13,16H,14-15H2,1-4H3,(H,22,26). The Morgan fingerprint density at radius 2 is 1.81 bits per heavy atom. The fourth-order valence-corrected chi connectivity index (χ4v) is 4.05. The van der Waals surface area contributed by atoms with Gasteiger partial charge in [0.15, 0.2) is 5.11 Å². The summed E-state index contributed by atoms with van der Waals surface area (Å²) in [7, 11) is 1.69. The van der Waals surface area contributed by atoms with Crippen LogP contribution in [0.15, 0.2) is 54.6 Å². The van der Waals surface area contributed by atoms with Gasteiger partial charge in [-0.05, 0) is 69.2 Å². The second-order valence-electron chi connectivity index (χ2n) is 7.41. The summed E-state index contributed by atoms with van der Waals surface area (Å²) >= 11 is 5.76. The van der Waals surface area contributed by atoms with Crippen LogP contribution in [-0.4, -0.2) is 33.8 Å². The number of nitrogens with one attached hydrogen (secondary N) is 1. The van der Waals surface area contributed by atoms with Crippen LogP contribution in [-0.2, 0) is 6.54 Å². The first-order valence-corrected chi connectivity index (χ1v) is 9.37. The van der Waals surface area contributed by atoms with E-state index in [4.69, 9.17) is 17.0 Å². The SMILES string of the molecule is COc1ccc(CN2N(C(=S)Nc3ccccc3)C(C)CC2(C)C)cc1. The van der Waals surface area contributed by atoms with E-state index in [-0.39, 0.29) is 5.54 Å². The Kier molecular flexibility index (Phi) is 5.49. The maximum absolute atomic E-state index is 5.76. The predicted molar refractivity (Wildman–Crippen MR) is 111 cm³/mol. The zero-order valence-corrected chi connectivity index (χ0v) is 16.7. The number of hydrogen-bond donors (Lipinski definition) is 1. The third-order valence-electron chi connectivity index (χ3n) is 4.90. The van der Waals surface area contributed by atoms with Crippen LogP contribution in [0.3, 0.4) is 0 Å². The van der Waals surface area contributed by atoms with E-state index in [9.17, 15) is 0 Å². The molecule has 1 saturated heterocycles. The first-order valence-electron chi connectivity index (χ1n) is 8.96. The summed E-state index contributed by atoms with van der Waals surface area (Å²) < 4.78 is 5.27. The molecule has 4 nitrogen and oxygen atoms in total. The van der Waals surface area contributed by atoms with Crippen LogP contribution in [0.1, 0.15) is 32.8 Å². The van der Waals surface area contributed by atoms with Crippen molar-refractivity contribution in [2.24, 2.45) is 0 Å². The summed E-state index contributed by atoms with van der Waals surface area (Å²) in [5, 5.41) is 8.72. The maximum Gasteiger partial charge on any atom is 0.188 e. The monoisotopic (exact) mass is 369 g/mol. The van der Waals surface area contributed by atoms with Crippen molar-refractivity contribution in [3.05, 3.63) is 60.2 Å². The highest BCUT2D eigenvalue weighted by molar-refractivity contribution is 7.80. The molecule has 1 atom stereocenters. The topological polar surface area (TPSA) is 27.7 Å². The van der Waals surface area contributed by atoms with Gasteiger partial charge >= 0.3 is 0 Å². The van der Waals surface area contributed by atoms with Gasteiger partial charge in [0, 0.05) is 23.8 Å². The van der Waals surface area contributed by atoms with Gasteiger partial charge in [-0.3, -0.25) is 5.01 Å². The summed E-state index contributed by atoms with van der Waals surface area (Å²) in [5.74, 6) is 0.876. The average Bonchev–Trinajstić information content (AvgIpc) is 2.84. The quantitative estimate of drug-likeness (QED) is 0.790. The number of ether oxygens (including phenoxy) is 1. The van der Waals surface area contributed by atoms with E-state index in [0.717, 1.165) is 29.5 Å². The Bertz CT molecular complexity index is 746. The minimum Gasteiger partial charge on any atom is -0.497 e. The van der Waals surface area contributed by atoms with Crippen LogP contribution in [0.25, 0.3) is 0 Å². The number of nitrogens with zero attached hydrogens (tertiary/aromatic N) is 2. The molecule has 0 aromatic heterocycles. The van der Waals surface area contributed by atoms with E-state index in [1.54, 1.807) is 7.11 Å². The lowest BCUT2D eigenvalue weighted by molar-refractivity contribution is 0.00202. The van der Waals surface area contributed by atoms with Crippen molar-refractivity contribution in [3.63, 3.8) is 0 Å². The summed E-state index contributed by atoms with van der Waals surface area (Å²) in [6.45, 7) is 7.59. The van der Waals surface area contributed by atoms with Crippen molar-refractivity contribution >= 4 is 23.0 Å². The molecule has 1 fully saturated rings. The molecule has 2 aromatic carbocycles. The molecule has 1 aliphatic heterocycles. The van der Waals surface area contributed by atoms with Gasteiger partial charge in [-0.25, -0.2) is 5.01 Å². The molecular weight excluding hydrogens is 342 g/mol. The van der Waals surface area contributed by atoms with E-state index in [1.165, 1.54) is 5.56 Å². The fraction of sp³-hybridized carbons (Fsp3) is 0.381. The Morgan fingerprint density at radius 3 is 2.42 bits per heavy atom. The number of hydrogen-bond acceptors (Lipinski definition) is 3. The molecule has 0 saturated carbocycles. The van der Waals surface area contributed by atoms with Crippen LogP contribution in [0, 0.1) is 0 Å². The lowest BCUT2D eigenvalue weighted by Crippen LogP contribution is -2.51. The molecule has 1 heterocycles. The van der Waals surface area contributed by atoms with Crippen molar-refractivity contribution in [2.45, 2.75) is 45.3 Å². The first kappa shape index (κ1) is 18.7. The van der Waals surface area contributed by atoms with Gasteiger partial charge in [-0.15, -0.1) is 0 Å². The largest absolute Gasteiger partial charge is 0.497 e. The lowest BCUT2D eigenvalue weighted by Gasteiger charge is -2.39. The van der Waals surface area contributed by atoms with E-state index >= 15 is 0 Å². The zero-order valence-electron chi connectivity index (χ0n) is 15.9. The molecule has 0 spiro atoms. The number of thiocarbonyl (C=S) groups is 1. The van der Waals surface area contributed by atoms with Gasteiger partial charge in [0.05, 0.1) is 7.11 Å². The highest BCUT2D eigenvalue weighted by Crippen LogP contribution is 2.35. The number of para-hydroxylation sites is 1. The molecule has 1 unspecified atom stereocenters. The van der Waals surface area contributed by atoms with Crippen molar-refractivity contribution in [1.82, 2.24) is 10.0 Å². The van der Waals surface area contributed by atoms with Crippen LogP contribution >= 0.6 is 12.2 Å². The van der Waals surface area contributed by atoms with Crippen molar-refractivity contribution in [2.75, 3.05) is 12.4 Å². The molecule has 0 bridgehead atoms. The van der Waals surface area contributed by atoms with Gasteiger partial charge in [-0.1, -0.05) is 30.3 Å². The number of anilines is 1. The summed E-state index contributed by atoms with van der Waals surface area (Å²) in [4.78, 5) is 0. The van der Waals surface area contributed by atoms with E-state index in [0.29, 0.717) is 6.04 Å². The molecule has 3 rings (SSSR count). The van der Waals surface area contributed by atoms with Crippen molar-refractivity contribution in [1.29, 1.82) is 0 Å². The van der Waals surface area contributed by atoms with Crippen LogP contribution in [0.2, 0.25) is 0 Å². The first-order chi connectivity index (χ1) is 12.4. The van der Waals surface area contributed by atoms with Gasteiger partial charge in [0.1, 0.15) is 5.75 Å². The Labute approximate surface area is 161 Å². The van der Waals surface area contributed by atoms with Crippen LogP contribution in [0.5, 0.6) is 5.75 Å². The zero-order chi connectivity index (χ0) is 18.7. The summed E-state index contributed by atoms with van der Waals surface area (Å²) in [6, 6.07) is 18.7. The highest BCUT2D eigenvalue weighted by atomic mass is 32.1. The molecule has 5 heteroatoms. The number of hydrazine groups is 1. The van der Waals surface area contributed by atoms with E-state index in [1.807, 2.05) is 42.5 Å². The maximum atomic E-state index is 5.76. The Morgan fingerprint density at radius 1 is 1.15 bits per heavy atom. The minimum absolute atomic E-state index is 0.0295. The molecule has 138 valence electrons. The smallest absolute Gasteiger partial charge is 0.188 e. The highest BCUT2D eigenvalue weighted by Gasteiger charge is 2.43. The third-order valence-corrected chi connectivity index (χ3v) is 5.18. The average molecular weight is 370 g/mol. The van der Waals surface area contributed by atoms with Gasteiger partial charge in [-0.2, -0.15) is 0 Å². The molecule has 26 heavy (non-hydrogen) atoms. The molecule has 0 aliphatic carbocycles. The van der Waals surface area contributed by atoms with E-state index < -0.39 is 0 Å². The Balaban J connectivity index is 1.80. The molecule has 1 N–H and O–H groups in total. The minimum atomic E-state index is 0.0295.